The predicted molar refractivity (Wildman–Crippen MR) is 194 cm³/mol. The first kappa shape index (κ1) is 37.7. The highest BCUT2D eigenvalue weighted by molar-refractivity contribution is 7.82. The third kappa shape index (κ3) is 8.68. The number of carbonyl (C=O) groups is 3. The first-order valence-corrected chi connectivity index (χ1v) is 19.3. The SMILES string of the molecule is CC(Cc1cccc(S(=O)N2CCC(Nc3ncc(OC(F)F)cn3)CC2)c1)CN1CCN(c2cc3c(cc2F)C(=O)N(C2CCC(=O)NC2=O)C3)CC1. The lowest BCUT2D eigenvalue weighted by Gasteiger charge is -2.37. The summed E-state index contributed by atoms with van der Waals surface area (Å²) in [4.78, 5) is 51.8. The minimum atomic E-state index is -2.94. The highest BCUT2D eigenvalue weighted by Gasteiger charge is 2.40. The Bertz CT molecular complexity index is 1890. The van der Waals surface area contributed by atoms with E-state index in [2.05, 4.69) is 43.2 Å². The smallest absolute Gasteiger partial charge is 0.387 e. The number of benzene rings is 2. The Morgan fingerprint density at radius 3 is 2.44 bits per heavy atom. The second-order valence-electron chi connectivity index (χ2n) is 14.3. The number of rotatable bonds is 12. The van der Waals surface area contributed by atoms with E-state index in [1.807, 2.05) is 27.4 Å². The number of fused-ring (bicyclic) bond motifs is 1. The van der Waals surface area contributed by atoms with E-state index >= 15 is 4.39 Å². The summed E-state index contributed by atoms with van der Waals surface area (Å²) in [6.45, 7) is 4.30. The Kier molecular flexibility index (Phi) is 11.5. The fourth-order valence-corrected chi connectivity index (χ4v) is 9.02. The van der Waals surface area contributed by atoms with Crippen molar-refractivity contribution in [1.82, 2.24) is 29.4 Å². The number of anilines is 2. The van der Waals surface area contributed by atoms with E-state index in [0.717, 1.165) is 49.4 Å². The monoisotopic (exact) mass is 768 g/mol. The highest BCUT2D eigenvalue weighted by Crippen LogP contribution is 2.33. The van der Waals surface area contributed by atoms with Crippen molar-refractivity contribution in [2.45, 2.75) is 69.2 Å². The summed E-state index contributed by atoms with van der Waals surface area (Å²) in [6.07, 6.45) is 5.07. The maximum atomic E-state index is 15.4. The van der Waals surface area contributed by atoms with Crippen molar-refractivity contribution in [3.05, 3.63) is 71.3 Å². The standard InChI is InChI=1S/C37H43F3N8O5S/c1-23(15-24-3-2-4-28(16-24)54(52)47-9-7-26(8-10-47)43-37-41-19-27(20-42-37)53-36(39)40)21-45-11-13-46(14-12-45)32-17-25-22-48(35(51)29(25)18-30(32)38)31-5-6-33(49)44-34(31)50/h2-4,16-20,23,26,31,36H,5-15,21-22H2,1H3,(H,41,42,43)(H,44,49,50). The third-order valence-corrected chi connectivity index (χ3v) is 11.9. The molecule has 0 radical (unpaired) electrons. The van der Waals surface area contributed by atoms with Crippen LogP contribution in [-0.4, -0.2) is 111 Å². The van der Waals surface area contributed by atoms with Gasteiger partial charge in [-0.05, 0) is 67.0 Å². The van der Waals surface area contributed by atoms with Crippen molar-refractivity contribution >= 4 is 40.3 Å². The first-order valence-electron chi connectivity index (χ1n) is 18.2. The molecule has 2 aromatic carbocycles. The second kappa shape index (κ2) is 16.4. The molecule has 2 N–H and O–H groups in total. The maximum Gasteiger partial charge on any atom is 0.387 e. The lowest BCUT2D eigenvalue weighted by molar-refractivity contribution is -0.136. The van der Waals surface area contributed by atoms with Crippen LogP contribution >= 0.6 is 0 Å². The summed E-state index contributed by atoms with van der Waals surface area (Å²) in [5.41, 5.74) is 2.51. The van der Waals surface area contributed by atoms with E-state index in [1.165, 1.54) is 23.4 Å². The molecule has 3 aromatic rings. The fraction of sp³-hybridized carbons (Fsp3) is 0.486. The number of piperidine rings is 2. The van der Waals surface area contributed by atoms with E-state index in [4.69, 9.17) is 0 Å². The number of aromatic nitrogens is 2. The van der Waals surface area contributed by atoms with Crippen LogP contribution in [0.4, 0.5) is 24.8 Å². The zero-order valence-corrected chi connectivity index (χ0v) is 30.7. The molecule has 13 nitrogen and oxygen atoms in total. The summed E-state index contributed by atoms with van der Waals surface area (Å²) in [5, 5.41) is 5.51. The van der Waals surface area contributed by atoms with Gasteiger partial charge in [-0.25, -0.2) is 22.9 Å². The minimum absolute atomic E-state index is 0.0603. The van der Waals surface area contributed by atoms with Gasteiger partial charge in [-0.15, -0.1) is 0 Å². The van der Waals surface area contributed by atoms with Crippen molar-refractivity contribution in [3.8, 4) is 5.75 Å². The topological polar surface area (TPSA) is 140 Å². The number of piperazine rings is 1. The normalized spacial score (nSPS) is 21.3. The quantitative estimate of drug-likeness (QED) is 0.263. The Hall–Kier alpha value is -4.61. The van der Waals surface area contributed by atoms with E-state index in [-0.39, 0.29) is 48.6 Å². The first-order chi connectivity index (χ1) is 26.0. The number of hydrogen-bond acceptors (Lipinski definition) is 10. The van der Waals surface area contributed by atoms with Gasteiger partial charge < -0.3 is 19.9 Å². The molecule has 3 fully saturated rings. The van der Waals surface area contributed by atoms with Crippen LogP contribution in [0.3, 0.4) is 0 Å². The van der Waals surface area contributed by atoms with Crippen LogP contribution in [0, 0.1) is 11.7 Å². The van der Waals surface area contributed by atoms with Gasteiger partial charge in [0.1, 0.15) is 22.8 Å². The maximum absolute atomic E-state index is 15.4. The van der Waals surface area contributed by atoms with E-state index in [9.17, 15) is 27.4 Å². The summed E-state index contributed by atoms with van der Waals surface area (Å²) in [7, 11) is -1.32. The Morgan fingerprint density at radius 1 is 1.00 bits per heavy atom. The summed E-state index contributed by atoms with van der Waals surface area (Å²) >= 11 is 0. The minimum Gasteiger partial charge on any atom is -0.432 e. The molecule has 3 atom stereocenters. The average Bonchev–Trinajstić information content (AvgIpc) is 3.46. The number of hydrogen-bond donors (Lipinski definition) is 2. The number of amides is 3. The van der Waals surface area contributed by atoms with Crippen molar-refractivity contribution in [1.29, 1.82) is 0 Å². The van der Waals surface area contributed by atoms with Gasteiger partial charge in [-0.3, -0.25) is 24.6 Å². The van der Waals surface area contributed by atoms with Gasteiger partial charge >= 0.3 is 6.61 Å². The van der Waals surface area contributed by atoms with Crippen LogP contribution in [0.15, 0.2) is 53.7 Å². The Balaban J connectivity index is 0.866. The molecule has 5 heterocycles. The van der Waals surface area contributed by atoms with Crippen LogP contribution in [0.1, 0.15) is 54.1 Å². The molecule has 0 aliphatic carbocycles. The number of imide groups is 1. The van der Waals surface area contributed by atoms with Gasteiger partial charge in [0, 0.05) is 70.4 Å². The number of nitrogens with zero attached hydrogens (tertiary/aromatic N) is 6. The van der Waals surface area contributed by atoms with Gasteiger partial charge in [-0.1, -0.05) is 19.1 Å². The average molecular weight is 769 g/mol. The molecule has 4 aliphatic rings. The molecule has 3 saturated heterocycles. The van der Waals surface area contributed by atoms with Crippen LogP contribution in [0.2, 0.25) is 0 Å². The Morgan fingerprint density at radius 2 is 1.74 bits per heavy atom. The highest BCUT2D eigenvalue weighted by atomic mass is 32.2. The molecule has 1 aromatic heterocycles. The number of alkyl halides is 2. The van der Waals surface area contributed by atoms with Crippen LogP contribution in [0.5, 0.6) is 5.75 Å². The third-order valence-electron chi connectivity index (χ3n) is 10.4. The molecule has 0 bridgehead atoms. The van der Waals surface area contributed by atoms with Gasteiger partial charge in [0.05, 0.1) is 23.0 Å². The zero-order chi connectivity index (χ0) is 37.9. The summed E-state index contributed by atoms with van der Waals surface area (Å²) < 4.78 is 59.9. The van der Waals surface area contributed by atoms with E-state index < -0.39 is 35.4 Å². The largest absolute Gasteiger partial charge is 0.432 e. The Labute approximate surface area is 313 Å². The number of ether oxygens (including phenoxy) is 1. The van der Waals surface area contributed by atoms with Crippen molar-refractivity contribution in [3.63, 3.8) is 0 Å². The van der Waals surface area contributed by atoms with E-state index in [1.54, 1.807) is 6.07 Å². The fourth-order valence-electron chi connectivity index (χ4n) is 7.73. The molecular formula is C37H43F3N8O5S. The summed E-state index contributed by atoms with van der Waals surface area (Å²) in [5.74, 6) is -1.15. The van der Waals surface area contributed by atoms with Crippen molar-refractivity contribution in [2.75, 3.05) is 56.0 Å². The second-order valence-corrected chi connectivity index (χ2v) is 15.8. The van der Waals surface area contributed by atoms with Crippen molar-refractivity contribution < 1.29 is 36.5 Å². The van der Waals surface area contributed by atoms with Crippen LogP contribution in [-0.2, 0) is 33.5 Å². The molecule has 4 aliphatic heterocycles. The molecular weight excluding hydrogens is 726 g/mol. The molecule has 3 amide bonds. The molecule has 0 spiro atoms. The van der Waals surface area contributed by atoms with Gasteiger partial charge in [0.15, 0.2) is 5.75 Å². The molecule has 54 heavy (non-hydrogen) atoms. The lowest BCUT2D eigenvalue weighted by atomic mass is 10.0. The number of carbonyl (C=O) groups excluding carboxylic acids is 3. The number of halogens is 3. The predicted octanol–water partition coefficient (Wildman–Crippen LogP) is 3.58. The zero-order valence-electron chi connectivity index (χ0n) is 29.9. The summed E-state index contributed by atoms with van der Waals surface area (Å²) in [6, 6.07) is 10.3. The van der Waals surface area contributed by atoms with Crippen LogP contribution in [0.25, 0.3) is 0 Å². The van der Waals surface area contributed by atoms with Crippen LogP contribution < -0.4 is 20.3 Å². The molecule has 288 valence electrons. The lowest BCUT2D eigenvalue weighted by Crippen LogP contribution is -2.52. The van der Waals surface area contributed by atoms with Gasteiger partial charge in [-0.2, -0.15) is 8.78 Å². The molecule has 3 unspecified atom stereocenters. The van der Waals surface area contributed by atoms with Gasteiger partial charge in [0.2, 0.25) is 17.8 Å². The van der Waals surface area contributed by atoms with E-state index in [0.29, 0.717) is 49.3 Å². The number of nitrogens with one attached hydrogen (secondary N) is 2. The molecule has 7 rings (SSSR count). The molecule has 0 saturated carbocycles. The van der Waals surface area contributed by atoms with Crippen molar-refractivity contribution in [2.24, 2.45) is 5.92 Å². The molecule has 17 heteroatoms. The van der Waals surface area contributed by atoms with Gasteiger partial charge in [0.25, 0.3) is 5.91 Å².